The summed E-state index contributed by atoms with van der Waals surface area (Å²) >= 11 is 0. The molecule has 40 heavy (non-hydrogen) atoms. The highest BCUT2D eigenvalue weighted by Crippen LogP contribution is 2.47. The summed E-state index contributed by atoms with van der Waals surface area (Å²) in [7, 11) is 3.26. The first-order valence-corrected chi connectivity index (χ1v) is 13.8. The molecule has 6 heteroatoms. The van der Waals surface area contributed by atoms with E-state index in [1.54, 1.807) is 14.2 Å². The third kappa shape index (κ3) is 5.45. The Kier molecular flexibility index (Phi) is 7.77. The van der Waals surface area contributed by atoms with Crippen LogP contribution in [-0.2, 0) is 23.7 Å². The smallest absolute Gasteiger partial charge is 0.336 e. The molecule has 6 nitrogen and oxygen atoms in total. The zero-order chi connectivity index (χ0) is 29.6. The van der Waals surface area contributed by atoms with Crippen LogP contribution in [0.2, 0.25) is 0 Å². The average Bonchev–Trinajstić information content (AvgIpc) is 2.87. The van der Waals surface area contributed by atoms with Crippen LogP contribution >= 0.6 is 0 Å². The molecule has 0 radical (unpaired) electrons. The Morgan fingerprint density at radius 3 is 1.23 bits per heavy atom. The molecule has 0 saturated heterocycles. The van der Waals surface area contributed by atoms with Crippen LogP contribution in [0.4, 0.5) is 0 Å². The van der Waals surface area contributed by atoms with Gasteiger partial charge in [-0.1, -0.05) is 53.7 Å². The van der Waals surface area contributed by atoms with Gasteiger partial charge in [0.1, 0.15) is 11.5 Å². The van der Waals surface area contributed by atoms with Crippen LogP contribution in [0.1, 0.15) is 97.4 Å². The molecule has 0 heterocycles. The van der Waals surface area contributed by atoms with E-state index >= 15 is 0 Å². The summed E-state index contributed by atoms with van der Waals surface area (Å²) in [6.07, 6.45) is 3.46. The van der Waals surface area contributed by atoms with Gasteiger partial charge in [0, 0.05) is 11.1 Å². The predicted molar refractivity (Wildman–Crippen MR) is 158 cm³/mol. The lowest BCUT2D eigenvalue weighted by atomic mass is 9.79. The molecule has 1 aliphatic rings. The van der Waals surface area contributed by atoms with E-state index in [9.17, 15) is 19.8 Å². The molecule has 2 N–H and O–H groups in total. The molecule has 3 aromatic carbocycles. The molecule has 0 saturated carbocycles. The molecule has 0 spiro atoms. The highest BCUT2D eigenvalue weighted by molar-refractivity contribution is 6.06. The maximum absolute atomic E-state index is 12.4. The number of fused-ring (bicyclic) bond motifs is 7. The maximum Gasteiger partial charge on any atom is 0.336 e. The van der Waals surface area contributed by atoms with Crippen molar-refractivity contribution in [3.8, 4) is 33.8 Å². The molecule has 0 atom stereocenters. The molecule has 0 unspecified atom stereocenters. The van der Waals surface area contributed by atoms with E-state index in [0.29, 0.717) is 22.6 Å². The van der Waals surface area contributed by atoms with Crippen LogP contribution in [-0.4, -0.2) is 36.4 Å². The minimum absolute atomic E-state index is 0.180. The fourth-order valence-electron chi connectivity index (χ4n) is 5.53. The topological polar surface area (TPSA) is 93.1 Å². The van der Waals surface area contributed by atoms with Crippen molar-refractivity contribution in [2.24, 2.45) is 0 Å². The van der Waals surface area contributed by atoms with Gasteiger partial charge in [0.25, 0.3) is 0 Å². The van der Waals surface area contributed by atoms with E-state index in [-0.39, 0.29) is 22.0 Å². The highest BCUT2D eigenvalue weighted by Gasteiger charge is 2.29. The van der Waals surface area contributed by atoms with Gasteiger partial charge in [0.2, 0.25) is 0 Å². The number of carboxylic acid groups (broad SMARTS) is 2. The maximum atomic E-state index is 12.4. The van der Waals surface area contributed by atoms with E-state index in [1.807, 2.05) is 0 Å². The van der Waals surface area contributed by atoms with Crippen LogP contribution in [0.25, 0.3) is 22.3 Å². The number of benzene rings is 3. The largest absolute Gasteiger partial charge is 0.496 e. The van der Waals surface area contributed by atoms with E-state index in [1.165, 1.54) is 12.1 Å². The fourth-order valence-corrected chi connectivity index (χ4v) is 5.53. The minimum atomic E-state index is -1.30. The molecular formula is C34H40O6. The van der Waals surface area contributed by atoms with Gasteiger partial charge in [0.05, 0.1) is 25.3 Å². The van der Waals surface area contributed by atoms with Crippen molar-refractivity contribution in [2.45, 2.75) is 78.1 Å². The number of carbonyl (C=O) groups is 2. The first-order valence-electron chi connectivity index (χ1n) is 13.8. The molecule has 0 amide bonds. The number of carboxylic acids is 2. The fraction of sp³-hybridized carbons (Fsp3) is 0.412. The quantitative estimate of drug-likeness (QED) is 0.347. The van der Waals surface area contributed by atoms with Gasteiger partial charge in [-0.05, 0) is 94.2 Å². The Morgan fingerprint density at radius 2 is 0.950 bits per heavy atom. The van der Waals surface area contributed by atoms with Crippen molar-refractivity contribution in [2.75, 3.05) is 14.2 Å². The van der Waals surface area contributed by atoms with Gasteiger partial charge in [-0.15, -0.1) is 0 Å². The van der Waals surface area contributed by atoms with Gasteiger partial charge >= 0.3 is 11.9 Å². The Balaban J connectivity index is 2.28. The van der Waals surface area contributed by atoms with Crippen molar-refractivity contribution >= 4 is 11.9 Å². The Morgan fingerprint density at radius 1 is 0.600 bits per heavy atom. The first-order chi connectivity index (χ1) is 18.7. The molecule has 4 bridgehead atoms. The molecule has 0 aromatic heterocycles. The molecule has 0 fully saturated rings. The number of methoxy groups -OCH3 is 2. The van der Waals surface area contributed by atoms with Gasteiger partial charge in [-0.25, -0.2) is 9.59 Å². The van der Waals surface area contributed by atoms with Crippen molar-refractivity contribution < 1.29 is 29.3 Å². The Hall–Kier alpha value is -3.80. The molecule has 0 aliphatic heterocycles. The summed E-state index contributed by atoms with van der Waals surface area (Å²) in [5, 5.41) is 20.2. The zero-order valence-corrected chi connectivity index (χ0v) is 24.8. The summed E-state index contributed by atoms with van der Waals surface area (Å²) in [6, 6.07) is 11.5. The second-order valence-corrected chi connectivity index (χ2v) is 12.7. The first kappa shape index (κ1) is 29.2. The van der Waals surface area contributed by atoms with Crippen molar-refractivity contribution in [3.05, 3.63) is 69.8 Å². The second kappa shape index (κ2) is 10.6. The van der Waals surface area contributed by atoms with Gasteiger partial charge < -0.3 is 19.7 Å². The van der Waals surface area contributed by atoms with Crippen LogP contribution in [0.3, 0.4) is 0 Å². The van der Waals surface area contributed by atoms with Crippen LogP contribution < -0.4 is 9.47 Å². The summed E-state index contributed by atoms with van der Waals surface area (Å²) < 4.78 is 12.0. The number of aryl methyl sites for hydroxylation is 2. The van der Waals surface area contributed by atoms with Crippen molar-refractivity contribution in [3.63, 3.8) is 0 Å². The number of hydrogen-bond donors (Lipinski definition) is 2. The van der Waals surface area contributed by atoms with Crippen LogP contribution in [0.5, 0.6) is 11.5 Å². The SMILES string of the molecule is COc1c2cc(C(C)(C)C)cc1-c1cc(C(=O)O)c(C(=O)O)cc1-c1cc(C(C)(C)C)cc(c1OC)CCCC2. The van der Waals surface area contributed by atoms with Gasteiger partial charge in [0.15, 0.2) is 0 Å². The summed E-state index contributed by atoms with van der Waals surface area (Å²) in [6.45, 7) is 12.9. The summed E-state index contributed by atoms with van der Waals surface area (Å²) in [5.74, 6) is -1.23. The van der Waals surface area contributed by atoms with Gasteiger partial charge in [-0.2, -0.15) is 0 Å². The third-order valence-electron chi connectivity index (χ3n) is 7.81. The number of hydrogen-bond acceptors (Lipinski definition) is 4. The lowest BCUT2D eigenvalue weighted by Crippen LogP contribution is -2.15. The van der Waals surface area contributed by atoms with E-state index < -0.39 is 11.9 Å². The molecule has 3 aromatic rings. The lowest BCUT2D eigenvalue weighted by molar-refractivity contribution is 0.0651. The van der Waals surface area contributed by atoms with E-state index in [0.717, 1.165) is 59.1 Å². The lowest BCUT2D eigenvalue weighted by Gasteiger charge is -2.27. The van der Waals surface area contributed by atoms with E-state index in [4.69, 9.17) is 9.47 Å². The highest BCUT2D eigenvalue weighted by atomic mass is 16.5. The minimum Gasteiger partial charge on any atom is -0.496 e. The van der Waals surface area contributed by atoms with E-state index in [2.05, 4.69) is 65.8 Å². The molecular weight excluding hydrogens is 504 g/mol. The van der Waals surface area contributed by atoms with Crippen LogP contribution in [0.15, 0.2) is 36.4 Å². The van der Waals surface area contributed by atoms with Crippen LogP contribution in [0, 0.1) is 0 Å². The normalized spacial score (nSPS) is 13.5. The number of aromatic carboxylic acids is 2. The number of ether oxygens (including phenoxy) is 2. The zero-order valence-electron chi connectivity index (χ0n) is 24.8. The monoisotopic (exact) mass is 544 g/mol. The standard InChI is InChI=1S/C34H40O6/c1-33(2,3)21-13-19-11-9-10-12-20-14-22(34(4,5)6)16-26(30(20)40-8)24-18-28(32(37)38)27(31(35)36)17-23(24)25(15-21)29(19)39-7/h13-18H,9-12H2,1-8H3,(H,35,36)(H,37,38). The third-order valence-corrected chi connectivity index (χ3v) is 7.81. The molecule has 1 aliphatic carbocycles. The second-order valence-electron chi connectivity index (χ2n) is 12.7. The van der Waals surface area contributed by atoms with Crippen molar-refractivity contribution in [1.82, 2.24) is 0 Å². The summed E-state index contributed by atoms with van der Waals surface area (Å²) in [5.41, 5.74) is 6.08. The van der Waals surface area contributed by atoms with Crippen molar-refractivity contribution in [1.29, 1.82) is 0 Å². The average molecular weight is 545 g/mol. The summed E-state index contributed by atoms with van der Waals surface area (Å²) in [4.78, 5) is 24.7. The molecule has 4 rings (SSSR count). The number of rotatable bonds is 4. The molecule has 212 valence electrons. The van der Waals surface area contributed by atoms with Gasteiger partial charge in [-0.3, -0.25) is 0 Å². The predicted octanol–water partition coefficient (Wildman–Crippen LogP) is 7.91. The Bertz CT molecular complexity index is 1370. The Labute approximate surface area is 237 Å².